The van der Waals surface area contributed by atoms with Crippen LogP contribution in [0.1, 0.15) is 28.8 Å². The second-order valence-electron chi connectivity index (χ2n) is 5.26. The first-order valence-corrected chi connectivity index (χ1v) is 7.89. The van der Waals surface area contributed by atoms with E-state index in [1.54, 1.807) is 23.5 Å². The maximum Gasteiger partial charge on any atom is 0.337 e. The number of benzene rings is 1. The van der Waals surface area contributed by atoms with E-state index in [9.17, 15) is 4.79 Å². The molecule has 4 nitrogen and oxygen atoms in total. The molecule has 1 aromatic carbocycles. The average Bonchev–Trinajstić information content (AvgIpc) is 3.21. The van der Waals surface area contributed by atoms with Crippen LogP contribution >= 0.6 is 11.3 Å². The standard InChI is InChI=1S/C16H18N2O2S/c1-20-16(19)12-2-5-15(14(17)8-12)18(13-3-4-13)9-11-6-7-21-10-11/h2,5-8,10,13H,3-4,9,17H2,1H3. The molecule has 2 aromatic rings. The van der Waals surface area contributed by atoms with Crippen molar-refractivity contribution in [3.05, 3.63) is 46.2 Å². The summed E-state index contributed by atoms with van der Waals surface area (Å²) in [6.45, 7) is 0.857. The van der Waals surface area contributed by atoms with Crippen molar-refractivity contribution < 1.29 is 9.53 Å². The van der Waals surface area contributed by atoms with E-state index in [0.717, 1.165) is 12.2 Å². The van der Waals surface area contributed by atoms with E-state index in [1.807, 2.05) is 6.07 Å². The molecular weight excluding hydrogens is 284 g/mol. The minimum absolute atomic E-state index is 0.357. The second-order valence-corrected chi connectivity index (χ2v) is 6.04. The number of nitrogen functional groups attached to an aromatic ring is 1. The third-order valence-electron chi connectivity index (χ3n) is 3.68. The van der Waals surface area contributed by atoms with Crippen molar-refractivity contribution in [2.75, 3.05) is 17.7 Å². The summed E-state index contributed by atoms with van der Waals surface area (Å²) in [4.78, 5) is 13.9. The maximum absolute atomic E-state index is 11.6. The Morgan fingerprint density at radius 3 is 2.81 bits per heavy atom. The molecule has 0 aliphatic heterocycles. The zero-order valence-electron chi connectivity index (χ0n) is 11.9. The lowest BCUT2D eigenvalue weighted by molar-refractivity contribution is 0.0601. The first kappa shape index (κ1) is 13.9. The number of esters is 1. The van der Waals surface area contributed by atoms with Gasteiger partial charge in [-0.25, -0.2) is 4.79 Å². The summed E-state index contributed by atoms with van der Waals surface area (Å²) in [5.41, 5.74) is 9.57. The molecule has 2 N–H and O–H groups in total. The lowest BCUT2D eigenvalue weighted by Gasteiger charge is -2.26. The van der Waals surface area contributed by atoms with E-state index in [1.165, 1.54) is 25.5 Å². The SMILES string of the molecule is COC(=O)c1ccc(N(Cc2ccsc2)C2CC2)c(N)c1. The molecule has 5 heteroatoms. The third kappa shape index (κ3) is 3.03. The third-order valence-corrected chi connectivity index (χ3v) is 4.41. The molecule has 1 heterocycles. The van der Waals surface area contributed by atoms with Crippen LogP contribution in [-0.4, -0.2) is 19.1 Å². The largest absolute Gasteiger partial charge is 0.465 e. The number of thiophene rings is 1. The van der Waals surface area contributed by atoms with Gasteiger partial charge in [0.2, 0.25) is 0 Å². The molecule has 0 atom stereocenters. The van der Waals surface area contributed by atoms with Gasteiger partial charge in [0.25, 0.3) is 0 Å². The Kier molecular flexibility index (Phi) is 3.84. The minimum Gasteiger partial charge on any atom is -0.465 e. The van der Waals surface area contributed by atoms with Crippen molar-refractivity contribution in [2.24, 2.45) is 0 Å². The van der Waals surface area contributed by atoms with E-state index in [0.29, 0.717) is 17.3 Å². The summed E-state index contributed by atoms with van der Waals surface area (Å²) in [7, 11) is 1.37. The summed E-state index contributed by atoms with van der Waals surface area (Å²) in [5.74, 6) is -0.357. The van der Waals surface area contributed by atoms with Gasteiger partial charge in [-0.05, 0) is 53.4 Å². The molecule has 0 spiro atoms. The van der Waals surface area contributed by atoms with Crippen LogP contribution in [0.4, 0.5) is 11.4 Å². The topological polar surface area (TPSA) is 55.6 Å². The highest BCUT2D eigenvalue weighted by Gasteiger charge is 2.30. The van der Waals surface area contributed by atoms with Crippen LogP contribution in [0.5, 0.6) is 0 Å². The van der Waals surface area contributed by atoms with Gasteiger partial charge in [-0.15, -0.1) is 0 Å². The zero-order valence-corrected chi connectivity index (χ0v) is 12.7. The summed E-state index contributed by atoms with van der Waals surface area (Å²) >= 11 is 1.70. The number of anilines is 2. The van der Waals surface area contributed by atoms with Crippen molar-refractivity contribution in [1.29, 1.82) is 0 Å². The average molecular weight is 302 g/mol. The molecule has 0 amide bonds. The molecule has 1 aliphatic rings. The molecule has 1 aromatic heterocycles. The zero-order chi connectivity index (χ0) is 14.8. The predicted molar refractivity (Wildman–Crippen MR) is 85.7 cm³/mol. The number of nitrogens with two attached hydrogens (primary N) is 1. The first-order chi connectivity index (χ1) is 10.2. The molecule has 1 saturated carbocycles. The van der Waals surface area contributed by atoms with Gasteiger partial charge in [-0.3, -0.25) is 0 Å². The van der Waals surface area contributed by atoms with Crippen LogP contribution in [0.25, 0.3) is 0 Å². The van der Waals surface area contributed by atoms with Crippen LogP contribution in [0.3, 0.4) is 0 Å². The molecule has 0 saturated heterocycles. The second kappa shape index (κ2) is 5.77. The molecule has 110 valence electrons. The van der Waals surface area contributed by atoms with Gasteiger partial charge in [0.15, 0.2) is 0 Å². The molecule has 1 fully saturated rings. The molecule has 0 radical (unpaired) electrons. The van der Waals surface area contributed by atoms with Gasteiger partial charge in [0, 0.05) is 12.6 Å². The number of carbonyl (C=O) groups is 1. The van der Waals surface area contributed by atoms with Crippen molar-refractivity contribution >= 4 is 28.7 Å². The monoisotopic (exact) mass is 302 g/mol. The Labute approximate surface area is 128 Å². The fourth-order valence-corrected chi connectivity index (χ4v) is 3.10. The van der Waals surface area contributed by atoms with Crippen LogP contribution in [0, 0.1) is 0 Å². The molecule has 1 aliphatic carbocycles. The number of carbonyl (C=O) groups excluding carboxylic acids is 1. The van der Waals surface area contributed by atoms with Gasteiger partial charge in [-0.1, -0.05) is 0 Å². The van der Waals surface area contributed by atoms with E-state index in [2.05, 4.69) is 21.7 Å². The van der Waals surface area contributed by atoms with Crippen LogP contribution in [0.2, 0.25) is 0 Å². The summed E-state index contributed by atoms with van der Waals surface area (Å²) in [5, 5.41) is 4.25. The van der Waals surface area contributed by atoms with Crippen molar-refractivity contribution in [1.82, 2.24) is 0 Å². The van der Waals surface area contributed by atoms with Gasteiger partial charge < -0.3 is 15.4 Å². The lowest BCUT2D eigenvalue weighted by atomic mass is 10.1. The summed E-state index contributed by atoms with van der Waals surface area (Å²) in [6, 6.07) is 8.09. The van der Waals surface area contributed by atoms with Gasteiger partial charge >= 0.3 is 5.97 Å². The Balaban J connectivity index is 1.87. The highest BCUT2D eigenvalue weighted by molar-refractivity contribution is 7.07. The Morgan fingerprint density at radius 1 is 1.43 bits per heavy atom. The molecule has 21 heavy (non-hydrogen) atoms. The quantitative estimate of drug-likeness (QED) is 0.680. The van der Waals surface area contributed by atoms with Crippen LogP contribution in [0.15, 0.2) is 35.0 Å². The number of rotatable bonds is 5. The summed E-state index contributed by atoms with van der Waals surface area (Å²) in [6.07, 6.45) is 2.39. The normalized spacial score (nSPS) is 14.0. The van der Waals surface area contributed by atoms with Crippen LogP contribution < -0.4 is 10.6 Å². The van der Waals surface area contributed by atoms with Crippen LogP contribution in [-0.2, 0) is 11.3 Å². The predicted octanol–water partition coefficient (Wildman–Crippen LogP) is 3.29. The van der Waals surface area contributed by atoms with Gasteiger partial charge in [0.05, 0.1) is 24.0 Å². The van der Waals surface area contributed by atoms with Crippen molar-refractivity contribution in [2.45, 2.75) is 25.4 Å². The van der Waals surface area contributed by atoms with E-state index in [4.69, 9.17) is 10.5 Å². The number of hydrogen-bond donors (Lipinski definition) is 1. The van der Waals surface area contributed by atoms with Crippen molar-refractivity contribution in [3.8, 4) is 0 Å². The summed E-state index contributed by atoms with van der Waals surface area (Å²) < 4.78 is 4.73. The number of nitrogens with zero attached hydrogens (tertiary/aromatic N) is 1. The fraction of sp³-hybridized carbons (Fsp3) is 0.312. The van der Waals surface area contributed by atoms with Gasteiger partial charge in [-0.2, -0.15) is 11.3 Å². The molecule has 0 bridgehead atoms. The van der Waals surface area contributed by atoms with Gasteiger partial charge in [0.1, 0.15) is 0 Å². The number of methoxy groups -OCH3 is 1. The van der Waals surface area contributed by atoms with E-state index < -0.39 is 0 Å². The first-order valence-electron chi connectivity index (χ1n) is 6.94. The van der Waals surface area contributed by atoms with Crippen molar-refractivity contribution in [3.63, 3.8) is 0 Å². The molecule has 3 rings (SSSR count). The fourth-order valence-electron chi connectivity index (χ4n) is 2.44. The lowest BCUT2D eigenvalue weighted by Crippen LogP contribution is -2.25. The maximum atomic E-state index is 11.6. The minimum atomic E-state index is -0.357. The highest BCUT2D eigenvalue weighted by atomic mass is 32.1. The number of ether oxygens (including phenoxy) is 1. The highest BCUT2D eigenvalue weighted by Crippen LogP contribution is 2.36. The molecule has 0 unspecified atom stereocenters. The molecular formula is C16H18N2O2S. The Hall–Kier alpha value is -2.01. The van der Waals surface area contributed by atoms with E-state index >= 15 is 0 Å². The smallest absolute Gasteiger partial charge is 0.337 e. The Morgan fingerprint density at radius 2 is 2.24 bits per heavy atom. The van der Waals surface area contributed by atoms with E-state index in [-0.39, 0.29) is 5.97 Å². The Bertz CT molecular complexity index is 636. The number of hydrogen-bond acceptors (Lipinski definition) is 5.